The Morgan fingerprint density at radius 1 is 1.25 bits per heavy atom. The zero-order chi connectivity index (χ0) is 22.8. The molecule has 4 rings (SSSR count). The maximum absolute atomic E-state index is 13.0. The van der Waals surface area contributed by atoms with Crippen molar-refractivity contribution in [2.75, 3.05) is 5.32 Å². The van der Waals surface area contributed by atoms with Gasteiger partial charge in [0.1, 0.15) is 0 Å². The number of fused-ring (bicyclic) bond motifs is 1. The summed E-state index contributed by atoms with van der Waals surface area (Å²) in [6, 6.07) is 14.3. The van der Waals surface area contributed by atoms with Crippen LogP contribution >= 0.6 is 23.8 Å². The Morgan fingerprint density at radius 2 is 1.97 bits per heavy atom. The zero-order valence-electron chi connectivity index (χ0n) is 16.8. The summed E-state index contributed by atoms with van der Waals surface area (Å²) in [5.41, 5.74) is 3.00. The van der Waals surface area contributed by atoms with Gasteiger partial charge < -0.3 is 15.3 Å². The highest BCUT2D eigenvalue weighted by atomic mass is 35.5. The first-order valence-electron chi connectivity index (χ1n) is 9.87. The lowest BCUT2D eigenvalue weighted by Gasteiger charge is -2.22. The van der Waals surface area contributed by atoms with Gasteiger partial charge >= 0.3 is 0 Å². The monoisotopic (exact) mass is 463 g/mol. The van der Waals surface area contributed by atoms with E-state index in [0.717, 1.165) is 11.1 Å². The molecule has 0 aromatic heterocycles. The van der Waals surface area contributed by atoms with Gasteiger partial charge in [0.25, 0.3) is 11.8 Å². The van der Waals surface area contributed by atoms with E-state index in [9.17, 15) is 14.7 Å². The van der Waals surface area contributed by atoms with Crippen LogP contribution < -0.4 is 5.32 Å². The number of benzene rings is 2. The van der Waals surface area contributed by atoms with Crippen molar-refractivity contribution in [2.45, 2.75) is 25.6 Å². The minimum atomic E-state index is -1.22. The van der Waals surface area contributed by atoms with Crippen molar-refractivity contribution < 1.29 is 14.7 Å². The number of amides is 2. The van der Waals surface area contributed by atoms with Gasteiger partial charge in [-0.05, 0) is 29.3 Å². The molecular weight excluding hydrogens is 446 g/mol. The fourth-order valence-corrected chi connectivity index (χ4v) is 4.15. The normalized spacial score (nSPS) is 17.4. The molecule has 0 spiro atoms. The Bertz CT molecular complexity index is 1230. The van der Waals surface area contributed by atoms with Gasteiger partial charge in [0.15, 0.2) is 6.23 Å². The lowest BCUT2D eigenvalue weighted by molar-refractivity contribution is -0.112. The van der Waals surface area contributed by atoms with E-state index in [4.69, 9.17) is 29.1 Å². The second-order valence-electron chi connectivity index (χ2n) is 7.45. The van der Waals surface area contributed by atoms with E-state index < -0.39 is 12.1 Å². The molecule has 1 atom stereocenters. The average Bonchev–Trinajstić information content (AvgIpc) is 3.02. The minimum absolute atomic E-state index is 0.185. The molecule has 1 aliphatic heterocycles. The van der Waals surface area contributed by atoms with Crippen molar-refractivity contribution in [3.8, 4) is 6.07 Å². The highest BCUT2D eigenvalue weighted by Gasteiger charge is 2.37. The molecule has 2 aromatic carbocycles. The van der Waals surface area contributed by atoms with Crippen LogP contribution in [0, 0.1) is 11.3 Å². The summed E-state index contributed by atoms with van der Waals surface area (Å²) in [5, 5.41) is 23.0. The Balaban J connectivity index is 1.57. The molecule has 2 N–H and O–H groups in total. The molecule has 1 aliphatic carbocycles. The quantitative estimate of drug-likeness (QED) is 0.649. The van der Waals surface area contributed by atoms with Gasteiger partial charge in [0.05, 0.1) is 18.1 Å². The number of rotatable bonds is 5. The first-order chi connectivity index (χ1) is 15.4. The van der Waals surface area contributed by atoms with E-state index in [0.29, 0.717) is 45.1 Å². The molecule has 1 unspecified atom stereocenters. The van der Waals surface area contributed by atoms with Crippen LogP contribution in [0.25, 0.3) is 0 Å². The Hall–Kier alpha value is -3.31. The van der Waals surface area contributed by atoms with Crippen molar-refractivity contribution in [3.05, 3.63) is 87.5 Å². The third-order valence-electron chi connectivity index (χ3n) is 5.37. The molecule has 8 heteroatoms. The second-order valence-corrected chi connectivity index (χ2v) is 8.38. The third-order valence-corrected chi connectivity index (χ3v) is 6.02. The zero-order valence-corrected chi connectivity index (χ0v) is 18.4. The number of carbonyl (C=O) groups excluding carboxylic acids is 2. The summed E-state index contributed by atoms with van der Waals surface area (Å²) < 4.78 is 0. The van der Waals surface area contributed by atoms with Crippen LogP contribution in [0.5, 0.6) is 0 Å². The minimum Gasteiger partial charge on any atom is -0.369 e. The molecule has 6 nitrogen and oxygen atoms in total. The highest BCUT2D eigenvalue weighted by Crippen LogP contribution is 2.38. The van der Waals surface area contributed by atoms with E-state index in [1.54, 1.807) is 24.3 Å². The molecule has 1 heterocycles. The molecule has 32 heavy (non-hydrogen) atoms. The van der Waals surface area contributed by atoms with E-state index in [1.807, 2.05) is 24.3 Å². The molecular formula is C24H18ClN3O3S. The molecule has 160 valence electrons. The molecule has 2 amide bonds. The lowest BCUT2D eigenvalue weighted by atomic mass is 10.0. The fraction of sp³-hybridized carbons (Fsp3) is 0.167. The van der Waals surface area contributed by atoms with Crippen molar-refractivity contribution in [2.24, 2.45) is 0 Å². The van der Waals surface area contributed by atoms with Gasteiger partial charge in [0, 0.05) is 39.7 Å². The number of nitriles is 1. The van der Waals surface area contributed by atoms with E-state index in [2.05, 4.69) is 11.4 Å². The predicted molar refractivity (Wildman–Crippen MR) is 125 cm³/mol. The Labute approximate surface area is 195 Å². The molecule has 2 aromatic rings. The van der Waals surface area contributed by atoms with Gasteiger partial charge in [-0.15, -0.1) is 0 Å². The van der Waals surface area contributed by atoms with Crippen LogP contribution in [-0.2, 0) is 17.8 Å². The standard InChI is InChI=1S/C24H18ClN3O3S/c25-16-8-9-20(32)18(12-16)22(29)27-19-3-1-2-17-21(19)24(31)28(23(17)30)13-15-6-4-14(5-7-15)10-11-26/h1-8,12,24,31H,9-10,13H2,(H,27,29). The summed E-state index contributed by atoms with van der Waals surface area (Å²) in [5.74, 6) is -0.774. The highest BCUT2D eigenvalue weighted by molar-refractivity contribution is 7.81. The summed E-state index contributed by atoms with van der Waals surface area (Å²) in [4.78, 5) is 27.6. The Kier molecular flexibility index (Phi) is 6.19. The largest absolute Gasteiger partial charge is 0.369 e. The van der Waals surface area contributed by atoms with Gasteiger partial charge in [0.2, 0.25) is 0 Å². The second kappa shape index (κ2) is 9.05. The first kappa shape index (κ1) is 21.9. The van der Waals surface area contributed by atoms with Gasteiger partial charge in [-0.25, -0.2) is 0 Å². The molecule has 0 fully saturated rings. The summed E-state index contributed by atoms with van der Waals surface area (Å²) in [6.45, 7) is 0.185. The topological polar surface area (TPSA) is 93.4 Å². The number of allylic oxidation sites excluding steroid dienone is 3. The number of thiocarbonyl (C=S) groups is 1. The SMILES string of the molecule is N#CCc1ccc(CN2C(=O)c3cccc(NC(=O)C4=CC(Cl)=CCC4=S)c3C2O)cc1. The van der Waals surface area contributed by atoms with Gasteiger partial charge in [-0.2, -0.15) is 5.26 Å². The van der Waals surface area contributed by atoms with E-state index >= 15 is 0 Å². The third kappa shape index (κ3) is 4.21. The number of anilines is 1. The maximum atomic E-state index is 13.0. The summed E-state index contributed by atoms with van der Waals surface area (Å²) >= 11 is 11.3. The van der Waals surface area contributed by atoms with Crippen molar-refractivity contribution >= 4 is 46.2 Å². The van der Waals surface area contributed by atoms with Crippen LogP contribution in [0.4, 0.5) is 5.69 Å². The lowest BCUT2D eigenvalue weighted by Crippen LogP contribution is -2.27. The first-order valence-corrected chi connectivity index (χ1v) is 10.7. The average molecular weight is 464 g/mol. The van der Waals surface area contributed by atoms with Gasteiger partial charge in [-0.3, -0.25) is 9.59 Å². The summed E-state index contributed by atoms with van der Waals surface area (Å²) in [7, 11) is 0. The number of aliphatic hydroxyl groups excluding tert-OH is 1. The van der Waals surface area contributed by atoms with Crippen LogP contribution in [0.15, 0.2) is 65.2 Å². The van der Waals surface area contributed by atoms with Crippen LogP contribution in [0.3, 0.4) is 0 Å². The smallest absolute Gasteiger partial charge is 0.256 e. The van der Waals surface area contributed by atoms with Crippen molar-refractivity contribution in [1.82, 2.24) is 4.90 Å². The van der Waals surface area contributed by atoms with E-state index in [1.165, 1.54) is 11.0 Å². The molecule has 0 bridgehead atoms. The van der Waals surface area contributed by atoms with Crippen LogP contribution in [0.1, 0.15) is 39.7 Å². The van der Waals surface area contributed by atoms with Crippen molar-refractivity contribution in [3.63, 3.8) is 0 Å². The Morgan fingerprint density at radius 3 is 2.69 bits per heavy atom. The number of carbonyl (C=O) groups is 2. The van der Waals surface area contributed by atoms with Gasteiger partial charge in [-0.1, -0.05) is 60.2 Å². The number of aliphatic hydroxyl groups is 1. The maximum Gasteiger partial charge on any atom is 0.256 e. The van der Waals surface area contributed by atoms with E-state index in [-0.39, 0.29) is 12.5 Å². The fourth-order valence-electron chi connectivity index (χ4n) is 3.73. The van der Waals surface area contributed by atoms with Crippen LogP contribution in [0.2, 0.25) is 0 Å². The number of halogens is 1. The molecule has 2 aliphatic rings. The summed E-state index contributed by atoms with van der Waals surface area (Å²) in [6.07, 6.45) is 2.73. The predicted octanol–water partition coefficient (Wildman–Crippen LogP) is 4.16. The number of nitrogens with one attached hydrogen (secondary N) is 1. The molecule has 0 radical (unpaired) electrons. The van der Waals surface area contributed by atoms with Crippen molar-refractivity contribution in [1.29, 1.82) is 5.26 Å². The molecule has 0 saturated carbocycles. The number of hydrogen-bond acceptors (Lipinski definition) is 5. The number of nitrogens with zero attached hydrogens (tertiary/aromatic N) is 2. The molecule has 0 saturated heterocycles. The van der Waals surface area contributed by atoms with Crippen LogP contribution in [-0.4, -0.2) is 26.7 Å². The number of hydrogen-bond donors (Lipinski definition) is 2.